The van der Waals surface area contributed by atoms with Crippen LogP contribution in [0.5, 0.6) is 5.75 Å². The highest BCUT2D eigenvalue weighted by Gasteiger charge is 2.10. The molecule has 0 aliphatic heterocycles. The van der Waals surface area contributed by atoms with Crippen molar-refractivity contribution in [1.82, 2.24) is 5.32 Å². The van der Waals surface area contributed by atoms with Crippen molar-refractivity contribution in [3.05, 3.63) is 29.8 Å². The smallest absolute Gasteiger partial charge is 0.222 e. The number of carbonyl (C=O) groups excluding carboxylic acids is 1. The summed E-state index contributed by atoms with van der Waals surface area (Å²) < 4.78 is 5.49. The van der Waals surface area contributed by atoms with Crippen molar-refractivity contribution in [3.8, 4) is 5.75 Å². The maximum absolute atomic E-state index is 11.3. The molecule has 100 valence electrons. The highest BCUT2D eigenvalue weighted by Crippen LogP contribution is 2.16. The number of amides is 1. The van der Waals surface area contributed by atoms with Crippen molar-refractivity contribution in [3.63, 3.8) is 0 Å². The molecule has 0 spiro atoms. The minimum absolute atomic E-state index is 0.0649. The molecular weight excluding hydrogens is 230 g/mol. The summed E-state index contributed by atoms with van der Waals surface area (Å²) in [5.74, 6) is 0.617. The number of para-hydroxylation sites is 1. The van der Waals surface area contributed by atoms with E-state index >= 15 is 0 Å². The van der Waals surface area contributed by atoms with E-state index in [0.717, 1.165) is 11.3 Å². The summed E-state index contributed by atoms with van der Waals surface area (Å²) in [4.78, 5) is 11.3. The lowest BCUT2D eigenvalue weighted by atomic mass is 10.2. The van der Waals surface area contributed by atoms with Gasteiger partial charge in [0.15, 0.2) is 0 Å². The molecule has 0 bridgehead atoms. The van der Waals surface area contributed by atoms with Crippen LogP contribution in [-0.4, -0.2) is 30.3 Å². The Morgan fingerprint density at radius 2 is 2.06 bits per heavy atom. The fourth-order valence-corrected chi connectivity index (χ4v) is 1.39. The van der Waals surface area contributed by atoms with Crippen molar-refractivity contribution in [2.75, 3.05) is 13.2 Å². The summed E-state index contributed by atoms with van der Waals surface area (Å²) in [5, 5.41) is 12.4. The summed E-state index contributed by atoms with van der Waals surface area (Å²) in [6, 6.07) is 7.62. The Balaban J connectivity index is 2.31. The van der Waals surface area contributed by atoms with Crippen LogP contribution in [0, 0.1) is 12.8 Å². The van der Waals surface area contributed by atoms with Gasteiger partial charge >= 0.3 is 0 Å². The van der Waals surface area contributed by atoms with Gasteiger partial charge in [-0.1, -0.05) is 32.0 Å². The van der Waals surface area contributed by atoms with Crippen molar-refractivity contribution < 1.29 is 14.6 Å². The molecule has 0 fully saturated rings. The van der Waals surface area contributed by atoms with Gasteiger partial charge in [0.25, 0.3) is 0 Å². The molecule has 18 heavy (non-hydrogen) atoms. The van der Waals surface area contributed by atoms with Crippen molar-refractivity contribution >= 4 is 5.91 Å². The lowest BCUT2D eigenvalue weighted by molar-refractivity contribution is -0.124. The number of aliphatic hydroxyl groups excluding tert-OH is 1. The van der Waals surface area contributed by atoms with Crippen molar-refractivity contribution in [2.24, 2.45) is 5.92 Å². The molecule has 1 aromatic carbocycles. The average Bonchev–Trinajstić information content (AvgIpc) is 2.34. The van der Waals surface area contributed by atoms with Gasteiger partial charge in [-0.05, 0) is 18.6 Å². The van der Waals surface area contributed by atoms with Crippen LogP contribution >= 0.6 is 0 Å². The molecule has 4 nitrogen and oxygen atoms in total. The quantitative estimate of drug-likeness (QED) is 0.805. The molecule has 0 aliphatic carbocycles. The maximum atomic E-state index is 11.3. The molecule has 2 N–H and O–H groups in total. The number of hydrogen-bond acceptors (Lipinski definition) is 3. The second-order valence-corrected chi connectivity index (χ2v) is 4.63. The third kappa shape index (κ3) is 4.75. The molecule has 0 aliphatic rings. The van der Waals surface area contributed by atoms with Crippen LogP contribution in [0.25, 0.3) is 0 Å². The second-order valence-electron chi connectivity index (χ2n) is 4.63. The molecule has 1 amide bonds. The number of nitrogens with one attached hydrogen (secondary N) is 1. The maximum Gasteiger partial charge on any atom is 0.222 e. The SMILES string of the molecule is Cc1ccccc1OCC(O)CNC(=O)C(C)C. The summed E-state index contributed by atoms with van der Waals surface area (Å²) in [5.41, 5.74) is 1.02. The van der Waals surface area contributed by atoms with Crippen LogP contribution in [0.1, 0.15) is 19.4 Å². The second kappa shape index (κ2) is 7.01. The molecule has 0 saturated heterocycles. The third-order valence-electron chi connectivity index (χ3n) is 2.56. The van der Waals surface area contributed by atoms with Gasteiger partial charge in [-0.2, -0.15) is 0 Å². The molecule has 0 saturated carbocycles. The van der Waals surface area contributed by atoms with Gasteiger partial charge in [-0.3, -0.25) is 4.79 Å². The summed E-state index contributed by atoms with van der Waals surface area (Å²) in [7, 11) is 0. The molecule has 1 rings (SSSR count). The van der Waals surface area contributed by atoms with Gasteiger partial charge in [0.1, 0.15) is 18.5 Å². The number of ether oxygens (including phenoxy) is 1. The van der Waals surface area contributed by atoms with E-state index in [-0.39, 0.29) is 25.0 Å². The monoisotopic (exact) mass is 251 g/mol. The predicted molar refractivity (Wildman–Crippen MR) is 70.5 cm³/mol. The lowest BCUT2D eigenvalue weighted by Gasteiger charge is -2.15. The Morgan fingerprint density at radius 1 is 1.39 bits per heavy atom. The fourth-order valence-electron chi connectivity index (χ4n) is 1.39. The largest absolute Gasteiger partial charge is 0.491 e. The van der Waals surface area contributed by atoms with E-state index < -0.39 is 6.10 Å². The van der Waals surface area contributed by atoms with Gasteiger partial charge in [-0.25, -0.2) is 0 Å². The van der Waals surface area contributed by atoms with Crippen LogP contribution in [0.3, 0.4) is 0 Å². The van der Waals surface area contributed by atoms with Gasteiger partial charge in [0.05, 0.1) is 0 Å². The molecule has 1 unspecified atom stereocenters. The first-order valence-corrected chi connectivity index (χ1v) is 6.15. The van der Waals surface area contributed by atoms with Crippen LogP contribution in [0.15, 0.2) is 24.3 Å². The standard InChI is InChI=1S/C14H21NO3/c1-10(2)14(17)15-8-12(16)9-18-13-7-5-4-6-11(13)3/h4-7,10,12,16H,8-9H2,1-3H3,(H,15,17). The number of benzene rings is 1. The fraction of sp³-hybridized carbons (Fsp3) is 0.500. The molecular formula is C14H21NO3. The van der Waals surface area contributed by atoms with E-state index in [9.17, 15) is 9.90 Å². The number of aryl methyl sites for hydroxylation is 1. The Bertz CT molecular complexity index is 390. The highest BCUT2D eigenvalue weighted by atomic mass is 16.5. The highest BCUT2D eigenvalue weighted by molar-refractivity contribution is 5.77. The number of carbonyl (C=O) groups is 1. The summed E-state index contributed by atoms with van der Waals surface area (Å²) in [6.07, 6.45) is -0.702. The van der Waals surface area contributed by atoms with Crippen LogP contribution in [0.4, 0.5) is 0 Å². The number of hydrogen-bond donors (Lipinski definition) is 2. The van der Waals surface area contributed by atoms with E-state index in [1.807, 2.05) is 45.0 Å². The molecule has 0 aromatic heterocycles. The van der Waals surface area contributed by atoms with E-state index in [4.69, 9.17) is 4.74 Å². The van der Waals surface area contributed by atoms with Gasteiger partial charge in [-0.15, -0.1) is 0 Å². The molecule has 1 atom stereocenters. The van der Waals surface area contributed by atoms with Crippen molar-refractivity contribution in [1.29, 1.82) is 0 Å². The topological polar surface area (TPSA) is 58.6 Å². The Kier molecular flexibility index (Phi) is 5.65. The minimum atomic E-state index is -0.702. The first-order valence-electron chi connectivity index (χ1n) is 6.15. The van der Waals surface area contributed by atoms with Crippen LogP contribution in [0.2, 0.25) is 0 Å². The zero-order valence-electron chi connectivity index (χ0n) is 11.1. The average molecular weight is 251 g/mol. The number of rotatable bonds is 6. The Hall–Kier alpha value is -1.55. The molecule has 0 heterocycles. The Labute approximate surface area is 108 Å². The van der Waals surface area contributed by atoms with E-state index in [1.165, 1.54) is 0 Å². The van der Waals surface area contributed by atoms with Crippen molar-refractivity contribution in [2.45, 2.75) is 26.9 Å². The first-order chi connectivity index (χ1) is 8.50. The van der Waals surface area contributed by atoms with Crippen LogP contribution < -0.4 is 10.1 Å². The van der Waals surface area contributed by atoms with Gasteiger partial charge < -0.3 is 15.2 Å². The first kappa shape index (κ1) is 14.5. The third-order valence-corrected chi connectivity index (χ3v) is 2.56. The van der Waals surface area contributed by atoms with E-state index in [0.29, 0.717) is 0 Å². The lowest BCUT2D eigenvalue weighted by Crippen LogP contribution is -2.37. The van der Waals surface area contributed by atoms with Gasteiger partial charge in [0, 0.05) is 12.5 Å². The summed E-state index contributed by atoms with van der Waals surface area (Å²) in [6.45, 7) is 5.95. The normalized spacial score (nSPS) is 12.3. The zero-order chi connectivity index (χ0) is 13.5. The van der Waals surface area contributed by atoms with E-state index in [2.05, 4.69) is 5.32 Å². The summed E-state index contributed by atoms with van der Waals surface area (Å²) >= 11 is 0. The molecule has 0 radical (unpaired) electrons. The van der Waals surface area contributed by atoms with E-state index in [1.54, 1.807) is 0 Å². The zero-order valence-corrected chi connectivity index (χ0v) is 11.1. The predicted octanol–water partition coefficient (Wildman–Crippen LogP) is 1.51. The molecule has 1 aromatic rings. The van der Waals surface area contributed by atoms with Crippen LogP contribution in [-0.2, 0) is 4.79 Å². The van der Waals surface area contributed by atoms with Gasteiger partial charge in [0.2, 0.25) is 5.91 Å². The minimum Gasteiger partial charge on any atom is -0.491 e. The molecule has 4 heteroatoms. The number of aliphatic hydroxyl groups is 1. The Morgan fingerprint density at radius 3 is 2.67 bits per heavy atom.